The zero-order valence-electron chi connectivity index (χ0n) is 15.5. The lowest BCUT2D eigenvalue weighted by Gasteiger charge is -2.18. The largest absolute Gasteiger partial charge is 0.465 e. The van der Waals surface area contributed by atoms with E-state index in [-0.39, 0.29) is 5.97 Å². The Morgan fingerprint density at radius 2 is 2.31 bits per heavy atom. The van der Waals surface area contributed by atoms with Crippen molar-refractivity contribution in [2.75, 3.05) is 12.4 Å². The molecule has 2 heterocycles. The van der Waals surface area contributed by atoms with Crippen LogP contribution in [0.4, 0.5) is 5.00 Å². The summed E-state index contributed by atoms with van der Waals surface area (Å²) in [6, 6.07) is 0. The van der Waals surface area contributed by atoms with Crippen molar-refractivity contribution in [1.82, 2.24) is 15.1 Å². The fourth-order valence-electron chi connectivity index (χ4n) is 3.20. The maximum Gasteiger partial charge on any atom is 0.341 e. The summed E-state index contributed by atoms with van der Waals surface area (Å²) < 4.78 is 6.84. The molecule has 1 aliphatic carbocycles. The molecule has 2 aromatic heterocycles. The highest BCUT2D eigenvalue weighted by Crippen LogP contribution is 2.40. The number of esters is 1. The zero-order chi connectivity index (χ0) is 18.8. The molecule has 140 valence electrons. The minimum Gasteiger partial charge on any atom is -0.465 e. The summed E-state index contributed by atoms with van der Waals surface area (Å²) in [7, 11) is 3.33. The first-order chi connectivity index (χ1) is 12.4. The molecule has 1 aliphatic rings. The number of thiocarbonyl (C=S) groups is 1. The van der Waals surface area contributed by atoms with Gasteiger partial charge in [-0.15, -0.1) is 11.3 Å². The van der Waals surface area contributed by atoms with E-state index in [9.17, 15) is 4.79 Å². The van der Waals surface area contributed by atoms with Gasteiger partial charge in [-0.1, -0.05) is 6.92 Å². The van der Waals surface area contributed by atoms with Crippen molar-refractivity contribution in [3.63, 3.8) is 0 Å². The van der Waals surface area contributed by atoms with E-state index in [2.05, 4.69) is 22.7 Å². The Morgan fingerprint density at radius 1 is 1.54 bits per heavy atom. The first-order valence-electron chi connectivity index (χ1n) is 8.65. The summed E-state index contributed by atoms with van der Waals surface area (Å²) >= 11 is 7.05. The minimum absolute atomic E-state index is 0.301. The Hall–Kier alpha value is -1.93. The molecule has 2 aromatic rings. The SMILES string of the molecule is COC(=O)c1c(NC(=S)NCc2cnn(C)c2C)sc2c1CC[C@H](C)C2. The lowest BCUT2D eigenvalue weighted by Crippen LogP contribution is -2.28. The first kappa shape index (κ1) is 18.8. The number of hydrogen-bond acceptors (Lipinski definition) is 5. The average molecular weight is 393 g/mol. The quantitative estimate of drug-likeness (QED) is 0.615. The van der Waals surface area contributed by atoms with Crippen LogP contribution in [0.5, 0.6) is 0 Å². The standard InChI is InChI=1S/C18H24N4O2S2/c1-10-5-6-13-14(7-10)26-16(15(13)17(23)24-4)21-18(25)19-8-12-9-20-22(3)11(12)2/h9-10H,5-8H2,1-4H3,(H2,19,21,25)/t10-/m0/s1. The number of nitrogens with one attached hydrogen (secondary N) is 2. The van der Waals surface area contributed by atoms with Gasteiger partial charge in [0.1, 0.15) is 5.00 Å². The summed E-state index contributed by atoms with van der Waals surface area (Å²) in [4.78, 5) is 13.6. The third-order valence-corrected chi connectivity index (χ3v) is 6.32. The van der Waals surface area contributed by atoms with Crippen molar-refractivity contribution >= 4 is 39.6 Å². The molecule has 0 unspecified atom stereocenters. The maximum absolute atomic E-state index is 12.3. The minimum atomic E-state index is -0.301. The number of nitrogens with zero attached hydrogens (tertiary/aromatic N) is 2. The second-order valence-electron chi connectivity index (χ2n) is 6.73. The molecule has 3 rings (SSSR count). The number of anilines is 1. The van der Waals surface area contributed by atoms with Crippen LogP contribution in [0.15, 0.2) is 6.20 Å². The molecular weight excluding hydrogens is 368 g/mol. The summed E-state index contributed by atoms with van der Waals surface area (Å²) in [6.45, 7) is 4.85. The van der Waals surface area contributed by atoms with Gasteiger partial charge in [0.2, 0.25) is 0 Å². The van der Waals surface area contributed by atoms with Gasteiger partial charge in [-0.3, -0.25) is 4.68 Å². The number of hydrogen-bond donors (Lipinski definition) is 2. The normalized spacial score (nSPS) is 16.1. The van der Waals surface area contributed by atoms with Crippen LogP contribution in [0.1, 0.15) is 45.4 Å². The predicted octanol–water partition coefficient (Wildman–Crippen LogP) is 3.19. The highest BCUT2D eigenvalue weighted by Gasteiger charge is 2.28. The van der Waals surface area contributed by atoms with E-state index >= 15 is 0 Å². The van der Waals surface area contributed by atoms with Crippen LogP contribution in [0.3, 0.4) is 0 Å². The molecule has 8 heteroatoms. The van der Waals surface area contributed by atoms with Crippen molar-refractivity contribution < 1.29 is 9.53 Å². The van der Waals surface area contributed by atoms with Crippen LogP contribution in [-0.2, 0) is 31.2 Å². The summed E-state index contributed by atoms with van der Waals surface area (Å²) in [6.07, 6.45) is 4.83. The van der Waals surface area contributed by atoms with E-state index in [1.54, 1.807) is 11.3 Å². The fraction of sp³-hybridized carbons (Fsp3) is 0.500. The van der Waals surface area contributed by atoms with E-state index in [1.165, 1.54) is 12.0 Å². The molecule has 0 spiro atoms. The topological polar surface area (TPSA) is 68.2 Å². The van der Waals surface area contributed by atoms with E-state index < -0.39 is 0 Å². The summed E-state index contributed by atoms with van der Waals surface area (Å²) in [5, 5.41) is 11.9. The molecule has 2 N–H and O–H groups in total. The van der Waals surface area contributed by atoms with Crippen molar-refractivity contribution in [1.29, 1.82) is 0 Å². The number of ether oxygens (including phenoxy) is 1. The number of fused-ring (bicyclic) bond motifs is 1. The lowest BCUT2D eigenvalue weighted by molar-refractivity contribution is 0.0601. The number of aromatic nitrogens is 2. The number of thiophene rings is 1. The average Bonchev–Trinajstić information content (AvgIpc) is 3.12. The molecule has 0 aliphatic heterocycles. The molecule has 0 fully saturated rings. The molecule has 6 nitrogen and oxygen atoms in total. The van der Waals surface area contributed by atoms with Gasteiger partial charge < -0.3 is 15.4 Å². The number of methoxy groups -OCH3 is 1. The lowest BCUT2D eigenvalue weighted by atomic mass is 9.88. The van der Waals surface area contributed by atoms with Crippen molar-refractivity contribution in [2.24, 2.45) is 13.0 Å². The molecule has 0 aromatic carbocycles. The molecule has 26 heavy (non-hydrogen) atoms. The Morgan fingerprint density at radius 3 is 2.96 bits per heavy atom. The van der Waals surface area contributed by atoms with Gasteiger partial charge in [0.25, 0.3) is 0 Å². The molecule has 0 bridgehead atoms. The van der Waals surface area contributed by atoms with Crippen LogP contribution < -0.4 is 10.6 Å². The van der Waals surface area contributed by atoms with Gasteiger partial charge in [0, 0.05) is 29.7 Å². The van der Waals surface area contributed by atoms with Crippen LogP contribution in [0.2, 0.25) is 0 Å². The Labute approximate surface area is 162 Å². The molecular formula is C18H24N4O2S2. The van der Waals surface area contributed by atoms with Gasteiger partial charge in [-0.25, -0.2) is 4.79 Å². The van der Waals surface area contributed by atoms with E-state index in [0.717, 1.165) is 41.1 Å². The third kappa shape index (κ3) is 3.76. The Kier molecular flexibility index (Phi) is 5.62. The fourth-order valence-corrected chi connectivity index (χ4v) is 4.84. The number of rotatable bonds is 4. The van der Waals surface area contributed by atoms with E-state index in [0.29, 0.717) is 23.1 Å². The van der Waals surface area contributed by atoms with Gasteiger partial charge in [0.15, 0.2) is 5.11 Å². The van der Waals surface area contributed by atoms with Crippen LogP contribution in [0, 0.1) is 12.8 Å². The summed E-state index contributed by atoms with van der Waals surface area (Å²) in [5.74, 6) is 0.337. The monoisotopic (exact) mass is 392 g/mol. The Balaban J connectivity index is 1.75. The zero-order valence-corrected chi connectivity index (χ0v) is 17.1. The van der Waals surface area contributed by atoms with Crippen LogP contribution in [0.25, 0.3) is 0 Å². The maximum atomic E-state index is 12.3. The van der Waals surface area contributed by atoms with Gasteiger partial charge in [-0.05, 0) is 49.9 Å². The number of carbonyl (C=O) groups excluding carboxylic acids is 1. The second-order valence-corrected chi connectivity index (χ2v) is 8.25. The van der Waals surface area contributed by atoms with Crippen molar-refractivity contribution in [2.45, 2.75) is 39.7 Å². The van der Waals surface area contributed by atoms with E-state index in [1.807, 2.05) is 24.9 Å². The third-order valence-electron chi connectivity index (χ3n) is 4.90. The highest BCUT2D eigenvalue weighted by atomic mass is 32.1. The number of carbonyl (C=O) groups is 1. The Bertz CT molecular complexity index is 841. The highest BCUT2D eigenvalue weighted by molar-refractivity contribution is 7.80. The number of aryl methyl sites for hydroxylation is 1. The van der Waals surface area contributed by atoms with Gasteiger partial charge in [0.05, 0.1) is 18.9 Å². The van der Waals surface area contributed by atoms with Gasteiger partial charge in [-0.2, -0.15) is 5.10 Å². The van der Waals surface area contributed by atoms with Crippen LogP contribution >= 0.6 is 23.6 Å². The molecule has 0 saturated carbocycles. The summed E-state index contributed by atoms with van der Waals surface area (Å²) in [5.41, 5.74) is 3.94. The van der Waals surface area contributed by atoms with Gasteiger partial charge >= 0.3 is 5.97 Å². The van der Waals surface area contributed by atoms with Crippen LogP contribution in [-0.4, -0.2) is 28.0 Å². The molecule has 1 atom stereocenters. The predicted molar refractivity (Wildman–Crippen MR) is 108 cm³/mol. The van der Waals surface area contributed by atoms with Crippen molar-refractivity contribution in [3.05, 3.63) is 33.5 Å². The molecule has 0 radical (unpaired) electrons. The first-order valence-corrected chi connectivity index (χ1v) is 9.88. The van der Waals surface area contributed by atoms with Crippen molar-refractivity contribution in [3.8, 4) is 0 Å². The molecule has 0 saturated heterocycles. The molecule has 0 amide bonds. The smallest absolute Gasteiger partial charge is 0.341 e. The van der Waals surface area contributed by atoms with E-state index in [4.69, 9.17) is 17.0 Å². The second kappa shape index (κ2) is 7.75.